The molecule has 2 rings (SSSR count). The van der Waals surface area contributed by atoms with Gasteiger partial charge in [0.1, 0.15) is 5.78 Å². The zero-order chi connectivity index (χ0) is 20.8. The van der Waals surface area contributed by atoms with Gasteiger partial charge < -0.3 is 0 Å². The molecule has 5 nitrogen and oxygen atoms in total. The number of sulfone groups is 1. The van der Waals surface area contributed by atoms with E-state index in [2.05, 4.69) is 9.97 Å². The highest BCUT2D eigenvalue weighted by molar-refractivity contribution is 7.92. The van der Waals surface area contributed by atoms with Crippen LogP contribution in [-0.4, -0.2) is 34.7 Å². The first-order valence-electron chi connectivity index (χ1n) is 9.71. The minimum Gasteiger partial charge on any atom is -0.299 e. The van der Waals surface area contributed by atoms with Crippen LogP contribution in [0.4, 0.5) is 0 Å². The highest BCUT2D eigenvalue weighted by Crippen LogP contribution is 2.20. The average Bonchev–Trinajstić information content (AvgIpc) is 2.61. The fraction of sp³-hybridized carbons (Fsp3) is 0.500. The third-order valence-electron chi connectivity index (χ3n) is 4.81. The molecule has 0 fully saturated rings. The summed E-state index contributed by atoms with van der Waals surface area (Å²) in [7, 11) is -3.08. The first-order chi connectivity index (χ1) is 13.1. The van der Waals surface area contributed by atoms with Crippen molar-refractivity contribution in [2.45, 2.75) is 64.5 Å². The van der Waals surface area contributed by atoms with E-state index in [0.717, 1.165) is 23.2 Å². The lowest BCUT2D eigenvalue weighted by molar-refractivity contribution is -0.118. The Morgan fingerprint density at radius 1 is 1.00 bits per heavy atom. The minimum atomic E-state index is -3.08. The summed E-state index contributed by atoms with van der Waals surface area (Å²) in [6.07, 6.45) is 6.11. The molecule has 1 aromatic heterocycles. The van der Waals surface area contributed by atoms with Crippen molar-refractivity contribution in [3.05, 3.63) is 47.9 Å². The van der Waals surface area contributed by atoms with Gasteiger partial charge in [-0.15, -0.1) is 0 Å². The van der Waals surface area contributed by atoms with E-state index in [9.17, 15) is 13.2 Å². The maximum atomic E-state index is 12.2. The van der Waals surface area contributed by atoms with Crippen molar-refractivity contribution in [2.75, 3.05) is 5.75 Å². The van der Waals surface area contributed by atoms with Crippen LogP contribution in [0.5, 0.6) is 0 Å². The predicted molar refractivity (Wildman–Crippen MR) is 113 cm³/mol. The van der Waals surface area contributed by atoms with Crippen molar-refractivity contribution in [1.29, 1.82) is 0 Å². The molecule has 0 aliphatic heterocycles. The molecule has 0 aliphatic carbocycles. The topological polar surface area (TPSA) is 77.0 Å². The summed E-state index contributed by atoms with van der Waals surface area (Å²) in [5, 5.41) is 0. The molecule has 0 spiro atoms. The fourth-order valence-electron chi connectivity index (χ4n) is 2.83. The predicted octanol–water partition coefficient (Wildman–Crippen LogP) is 4.34. The Morgan fingerprint density at radius 3 is 2.32 bits per heavy atom. The van der Waals surface area contributed by atoms with Gasteiger partial charge in [0.2, 0.25) is 0 Å². The van der Waals surface area contributed by atoms with Crippen molar-refractivity contribution in [3.8, 4) is 11.3 Å². The first kappa shape index (κ1) is 22.2. The van der Waals surface area contributed by atoms with Gasteiger partial charge in [-0.1, -0.05) is 30.7 Å². The summed E-state index contributed by atoms with van der Waals surface area (Å²) >= 11 is 0. The van der Waals surface area contributed by atoms with Gasteiger partial charge in [0.15, 0.2) is 9.84 Å². The van der Waals surface area contributed by atoms with Crippen LogP contribution in [0.3, 0.4) is 0 Å². The lowest BCUT2D eigenvalue weighted by Gasteiger charge is -2.18. The number of aromatic nitrogens is 2. The van der Waals surface area contributed by atoms with E-state index >= 15 is 0 Å². The Labute approximate surface area is 168 Å². The number of Topliss-reactive ketones (excluding diaryl/α,β-unsaturated/α-hetero) is 1. The summed E-state index contributed by atoms with van der Waals surface area (Å²) in [4.78, 5) is 21.0. The zero-order valence-electron chi connectivity index (χ0n) is 17.2. The molecule has 0 aliphatic rings. The number of aryl methyl sites for hydroxylation is 1. The molecule has 152 valence electrons. The van der Waals surface area contributed by atoms with Gasteiger partial charge in [0, 0.05) is 18.2 Å². The zero-order valence-corrected chi connectivity index (χ0v) is 18.1. The molecular formula is C22H30N2O3S. The molecule has 0 bridgehead atoms. The number of ketones is 1. The number of hydrogen-bond donors (Lipinski definition) is 0. The second-order valence-corrected chi connectivity index (χ2v) is 11.0. The van der Waals surface area contributed by atoms with E-state index in [1.807, 2.05) is 31.2 Å². The van der Waals surface area contributed by atoms with Gasteiger partial charge in [0.25, 0.3) is 0 Å². The lowest BCUT2D eigenvalue weighted by Crippen LogP contribution is -2.30. The number of rotatable bonds is 9. The van der Waals surface area contributed by atoms with E-state index in [0.29, 0.717) is 25.0 Å². The fourth-order valence-corrected chi connectivity index (χ4v) is 4.03. The molecule has 0 amide bonds. The Kier molecular flexibility index (Phi) is 7.47. The van der Waals surface area contributed by atoms with E-state index in [4.69, 9.17) is 0 Å². The SMILES string of the molecule is Cc1ccccc1-c1cnc(CC(=O)CCCCCS(=O)(=O)C(C)(C)C)cn1. The Balaban J connectivity index is 1.77. The van der Waals surface area contributed by atoms with Crippen LogP contribution in [0.25, 0.3) is 11.3 Å². The number of unbranched alkanes of at least 4 members (excludes halogenated alkanes) is 2. The van der Waals surface area contributed by atoms with E-state index in [1.54, 1.807) is 33.2 Å². The van der Waals surface area contributed by atoms with Gasteiger partial charge in [0.05, 0.1) is 34.5 Å². The molecular weight excluding hydrogens is 372 g/mol. The van der Waals surface area contributed by atoms with Crippen molar-refractivity contribution < 1.29 is 13.2 Å². The maximum Gasteiger partial charge on any atom is 0.155 e. The first-order valence-corrected chi connectivity index (χ1v) is 11.4. The largest absolute Gasteiger partial charge is 0.299 e. The Hall–Kier alpha value is -2.08. The minimum absolute atomic E-state index is 0.108. The summed E-state index contributed by atoms with van der Waals surface area (Å²) in [5.74, 6) is 0.285. The van der Waals surface area contributed by atoms with Gasteiger partial charge in [-0.05, 0) is 46.1 Å². The van der Waals surface area contributed by atoms with Crippen LogP contribution in [0.2, 0.25) is 0 Å². The van der Waals surface area contributed by atoms with Crippen molar-refractivity contribution >= 4 is 15.6 Å². The molecule has 0 saturated carbocycles. The van der Waals surface area contributed by atoms with Crippen LogP contribution < -0.4 is 0 Å². The summed E-state index contributed by atoms with van der Waals surface area (Å²) in [6, 6.07) is 7.98. The second kappa shape index (κ2) is 9.41. The monoisotopic (exact) mass is 402 g/mol. The van der Waals surface area contributed by atoms with Gasteiger partial charge >= 0.3 is 0 Å². The van der Waals surface area contributed by atoms with Crippen molar-refractivity contribution in [2.24, 2.45) is 0 Å². The summed E-state index contributed by atoms with van der Waals surface area (Å²) in [6.45, 7) is 7.19. The Morgan fingerprint density at radius 2 is 1.71 bits per heavy atom. The van der Waals surface area contributed by atoms with E-state index in [-0.39, 0.29) is 18.0 Å². The highest BCUT2D eigenvalue weighted by atomic mass is 32.2. The van der Waals surface area contributed by atoms with Crippen LogP contribution >= 0.6 is 0 Å². The molecule has 0 N–H and O–H groups in total. The third-order valence-corrected chi connectivity index (χ3v) is 7.50. The van der Waals surface area contributed by atoms with Gasteiger partial charge in [-0.2, -0.15) is 0 Å². The smallest absolute Gasteiger partial charge is 0.155 e. The van der Waals surface area contributed by atoms with Crippen LogP contribution in [0.1, 0.15) is 57.7 Å². The standard InChI is InChI=1S/C22H30N2O3S/c1-17-10-7-8-12-20(17)21-16-23-18(15-24-21)14-19(25)11-6-5-9-13-28(26,27)22(2,3)4/h7-8,10,12,15-16H,5-6,9,11,13-14H2,1-4H3. The Bertz CT molecular complexity index is 898. The third kappa shape index (κ3) is 6.23. The highest BCUT2D eigenvalue weighted by Gasteiger charge is 2.27. The molecule has 1 heterocycles. The van der Waals surface area contributed by atoms with Gasteiger partial charge in [-0.3, -0.25) is 14.8 Å². The normalized spacial score (nSPS) is 12.1. The number of benzene rings is 1. The van der Waals surface area contributed by atoms with E-state index in [1.165, 1.54) is 0 Å². The summed E-state index contributed by atoms with van der Waals surface area (Å²) in [5.41, 5.74) is 3.64. The van der Waals surface area contributed by atoms with Crippen LogP contribution in [-0.2, 0) is 21.1 Å². The van der Waals surface area contributed by atoms with Crippen LogP contribution in [0, 0.1) is 6.92 Å². The van der Waals surface area contributed by atoms with E-state index < -0.39 is 14.6 Å². The number of hydrogen-bond acceptors (Lipinski definition) is 5. The summed E-state index contributed by atoms with van der Waals surface area (Å²) < 4.78 is 23.4. The second-order valence-electron chi connectivity index (χ2n) is 8.17. The number of carbonyl (C=O) groups excluding carboxylic acids is 1. The lowest BCUT2D eigenvalue weighted by atomic mass is 10.1. The molecule has 6 heteroatoms. The molecule has 0 saturated heterocycles. The maximum absolute atomic E-state index is 12.2. The molecule has 0 atom stereocenters. The van der Waals surface area contributed by atoms with Crippen LogP contribution in [0.15, 0.2) is 36.7 Å². The van der Waals surface area contributed by atoms with Crippen molar-refractivity contribution in [3.63, 3.8) is 0 Å². The molecule has 1 aromatic carbocycles. The molecule has 0 radical (unpaired) electrons. The average molecular weight is 403 g/mol. The molecule has 2 aromatic rings. The van der Waals surface area contributed by atoms with Gasteiger partial charge in [-0.25, -0.2) is 8.42 Å². The number of carbonyl (C=O) groups is 1. The molecule has 28 heavy (non-hydrogen) atoms. The number of nitrogens with zero attached hydrogens (tertiary/aromatic N) is 2. The quantitative estimate of drug-likeness (QED) is 0.583. The van der Waals surface area contributed by atoms with Crippen molar-refractivity contribution in [1.82, 2.24) is 9.97 Å². The molecule has 0 unspecified atom stereocenters.